The van der Waals surface area contributed by atoms with E-state index in [1.165, 1.54) is 7.11 Å². The molecule has 1 aliphatic heterocycles. The molecule has 2 rings (SSSR count). The second-order valence-electron chi connectivity index (χ2n) is 4.77. The zero-order chi connectivity index (χ0) is 15.2. The lowest BCUT2D eigenvalue weighted by atomic mass is 10.3. The van der Waals surface area contributed by atoms with Crippen LogP contribution in [0.2, 0.25) is 0 Å². The SMILES string of the molecule is CCOCc1nc(N)cc(N2CCC(NC(=O)OC)C2)n1. The maximum atomic E-state index is 11.2. The standard InChI is InChI=1S/C13H21N5O3/c1-3-21-8-11-16-10(14)6-12(17-11)18-5-4-9(7-18)15-13(19)20-2/h6,9H,3-5,7-8H2,1-2H3,(H,15,19)(H2,14,16,17). The molecule has 0 spiro atoms. The molecule has 0 saturated carbocycles. The number of alkyl carbamates (subject to hydrolysis) is 1. The van der Waals surface area contributed by atoms with Gasteiger partial charge in [-0.15, -0.1) is 0 Å². The first kappa shape index (κ1) is 15.3. The number of carbonyl (C=O) groups is 1. The van der Waals surface area contributed by atoms with Gasteiger partial charge in [0.05, 0.1) is 13.2 Å². The monoisotopic (exact) mass is 295 g/mol. The number of hydrogen-bond acceptors (Lipinski definition) is 7. The summed E-state index contributed by atoms with van der Waals surface area (Å²) in [6, 6.07) is 1.78. The van der Waals surface area contributed by atoms with Gasteiger partial charge in [-0.3, -0.25) is 0 Å². The highest BCUT2D eigenvalue weighted by Gasteiger charge is 2.25. The van der Waals surface area contributed by atoms with Gasteiger partial charge in [-0.05, 0) is 13.3 Å². The van der Waals surface area contributed by atoms with Gasteiger partial charge in [0.1, 0.15) is 18.2 Å². The van der Waals surface area contributed by atoms with E-state index in [0.29, 0.717) is 31.4 Å². The maximum Gasteiger partial charge on any atom is 0.407 e. The Labute approximate surface area is 123 Å². The Balaban J connectivity index is 2.01. The van der Waals surface area contributed by atoms with Crippen LogP contribution in [0.5, 0.6) is 0 Å². The molecule has 1 aliphatic rings. The molecule has 1 unspecified atom stereocenters. The summed E-state index contributed by atoms with van der Waals surface area (Å²) >= 11 is 0. The number of nitrogens with one attached hydrogen (secondary N) is 1. The van der Waals surface area contributed by atoms with E-state index in [4.69, 9.17) is 10.5 Å². The van der Waals surface area contributed by atoms with E-state index in [0.717, 1.165) is 18.8 Å². The summed E-state index contributed by atoms with van der Waals surface area (Å²) in [6.07, 6.45) is 0.417. The summed E-state index contributed by atoms with van der Waals surface area (Å²) < 4.78 is 9.91. The lowest BCUT2D eigenvalue weighted by molar-refractivity contribution is 0.128. The second-order valence-corrected chi connectivity index (χ2v) is 4.77. The van der Waals surface area contributed by atoms with Gasteiger partial charge in [0.15, 0.2) is 5.82 Å². The van der Waals surface area contributed by atoms with Crippen molar-refractivity contribution in [1.82, 2.24) is 15.3 Å². The lowest BCUT2D eigenvalue weighted by Gasteiger charge is -2.18. The number of rotatable bonds is 5. The third-order valence-corrected chi connectivity index (χ3v) is 3.23. The number of nitrogen functional groups attached to an aromatic ring is 1. The van der Waals surface area contributed by atoms with Crippen LogP contribution in [0.15, 0.2) is 6.07 Å². The van der Waals surface area contributed by atoms with Gasteiger partial charge in [-0.25, -0.2) is 14.8 Å². The molecule has 116 valence electrons. The molecule has 3 N–H and O–H groups in total. The van der Waals surface area contributed by atoms with Gasteiger partial charge in [-0.1, -0.05) is 0 Å². The Hall–Kier alpha value is -2.09. The van der Waals surface area contributed by atoms with E-state index in [1.807, 2.05) is 6.92 Å². The van der Waals surface area contributed by atoms with Crippen LogP contribution in [0.25, 0.3) is 0 Å². The van der Waals surface area contributed by atoms with Crippen LogP contribution >= 0.6 is 0 Å². The van der Waals surface area contributed by atoms with Gasteiger partial charge < -0.3 is 25.4 Å². The number of hydrogen-bond donors (Lipinski definition) is 2. The summed E-state index contributed by atoms with van der Waals surface area (Å²) in [7, 11) is 1.35. The Bertz CT molecular complexity index is 497. The van der Waals surface area contributed by atoms with Gasteiger partial charge in [0.25, 0.3) is 0 Å². The Morgan fingerprint density at radius 3 is 3.10 bits per heavy atom. The molecular formula is C13H21N5O3. The molecule has 0 radical (unpaired) electrons. The van der Waals surface area contributed by atoms with Crippen molar-refractivity contribution in [3.05, 3.63) is 11.9 Å². The molecule has 0 aliphatic carbocycles. The molecule has 1 amide bonds. The number of aromatic nitrogens is 2. The fourth-order valence-electron chi connectivity index (χ4n) is 2.23. The number of nitrogens with zero attached hydrogens (tertiary/aromatic N) is 3. The number of amides is 1. The van der Waals surface area contributed by atoms with Gasteiger partial charge in [0.2, 0.25) is 0 Å². The zero-order valence-electron chi connectivity index (χ0n) is 12.3. The molecule has 2 heterocycles. The molecule has 8 heteroatoms. The van der Waals surface area contributed by atoms with Crippen molar-refractivity contribution in [3.8, 4) is 0 Å². The van der Waals surface area contributed by atoms with Gasteiger partial charge in [-0.2, -0.15) is 0 Å². The summed E-state index contributed by atoms with van der Waals surface area (Å²) in [6.45, 7) is 4.31. The van der Waals surface area contributed by atoms with Crippen LogP contribution in [0.1, 0.15) is 19.2 Å². The van der Waals surface area contributed by atoms with Crippen LogP contribution in [0, 0.1) is 0 Å². The molecule has 0 bridgehead atoms. The third kappa shape index (κ3) is 4.19. The second kappa shape index (κ2) is 7.07. The highest BCUT2D eigenvalue weighted by molar-refractivity contribution is 5.67. The first-order valence-corrected chi connectivity index (χ1v) is 6.93. The topological polar surface area (TPSA) is 103 Å². The average Bonchev–Trinajstić information content (AvgIpc) is 2.93. The fraction of sp³-hybridized carbons (Fsp3) is 0.615. The molecule has 1 aromatic rings. The van der Waals surface area contributed by atoms with Crippen LogP contribution in [-0.2, 0) is 16.1 Å². The van der Waals surface area contributed by atoms with Crippen molar-refractivity contribution in [1.29, 1.82) is 0 Å². The Kier molecular flexibility index (Phi) is 5.15. The molecule has 1 atom stereocenters. The molecule has 8 nitrogen and oxygen atoms in total. The highest BCUT2D eigenvalue weighted by Crippen LogP contribution is 2.20. The molecular weight excluding hydrogens is 274 g/mol. The smallest absolute Gasteiger partial charge is 0.407 e. The summed E-state index contributed by atoms with van der Waals surface area (Å²) in [5.74, 6) is 1.74. The van der Waals surface area contributed by atoms with Crippen LogP contribution in [0.4, 0.5) is 16.4 Å². The van der Waals surface area contributed by atoms with E-state index < -0.39 is 6.09 Å². The van der Waals surface area contributed by atoms with Crippen molar-refractivity contribution in [2.45, 2.75) is 26.0 Å². The molecule has 1 saturated heterocycles. The number of ether oxygens (including phenoxy) is 2. The predicted molar refractivity (Wildman–Crippen MR) is 77.9 cm³/mol. The number of nitrogens with two attached hydrogens (primary N) is 1. The number of carbonyl (C=O) groups excluding carboxylic acids is 1. The number of anilines is 2. The minimum absolute atomic E-state index is 0.0454. The summed E-state index contributed by atoms with van der Waals surface area (Å²) in [5, 5.41) is 2.79. The van der Waals surface area contributed by atoms with Gasteiger partial charge >= 0.3 is 6.09 Å². The van der Waals surface area contributed by atoms with E-state index in [-0.39, 0.29) is 6.04 Å². The Morgan fingerprint density at radius 1 is 1.57 bits per heavy atom. The van der Waals surface area contributed by atoms with Crippen LogP contribution in [-0.4, -0.2) is 48.9 Å². The minimum Gasteiger partial charge on any atom is -0.453 e. The predicted octanol–water partition coefficient (Wildman–Crippen LogP) is 0.530. The largest absolute Gasteiger partial charge is 0.453 e. The number of methoxy groups -OCH3 is 1. The van der Waals surface area contributed by atoms with Crippen LogP contribution in [0.3, 0.4) is 0 Å². The molecule has 1 aromatic heterocycles. The average molecular weight is 295 g/mol. The van der Waals surface area contributed by atoms with Gasteiger partial charge in [0, 0.05) is 25.8 Å². The van der Waals surface area contributed by atoms with E-state index >= 15 is 0 Å². The van der Waals surface area contributed by atoms with Crippen LogP contribution < -0.4 is 16.0 Å². The quantitative estimate of drug-likeness (QED) is 0.816. The highest BCUT2D eigenvalue weighted by atomic mass is 16.5. The molecule has 0 aromatic carbocycles. The zero-order valence-corrected chi connectivity index (χ0v) is 12.3. The van der Waals surface area contributed by atoms with E-state index in [9.17, 15) is 4.79 Å². The third-order valence-electron chi connectivity index (χ3n) is 3.23. The molecule has 21 heavy (non-hydrogen) atoms. The minimum atomic E-state index is -0.416. The van der Waals surface area contributed by atoms with Crippen molar-refractivity contribution in [3.63, 3.8) is 0 Å². The molecule has 1 fully saturated rings. The lowest BCUT2D eigenvalue weighted by Crippen LogP contribution is -2.37. The fourth-order valence-corrected chi connectivity index (χ4v) is 2.23. The normalized spacial score (nSPS) is 17.8. The van der Waals surface area contributed by atoms with Crippen molar-refractivity contribution in [2.24, 2.45) is 0 Å². The Morgan fingerprint density at radius 2 is 2.38 bits per heavy atom. The maximum absolute atomic E-state index is 11.2. The first-order chi connectivity index (χ1) is 10.1. The van der Waals surface area contributed by atoms with Crippen molar-refractivity contribution in [2.75, 3.05) is 37.4 Å². The summed E-state index contributed by atoms with van der Waals surface area (Å²) in [5.41, 5.74) is 5.81. The summed E-state index contributed by atoms with van der Waals surface area (Å²) in [4.78, 5) is 21.9. The van der Waals surface area contributed by atoms with Crippen molar-refractivity contribution >= 4 is 17.7 Å². The van der Waals surface area contributed by atoms with E-state index in [2.05, 4.69) is 24.9 Å². The van der Waals surface area contributed by atoms with Crippen molar-refractivity contribution < 1.29 is 14.3 Å². The first-order valence-electron chi connectivity index (χ1n) is 6.93. The van der Waals surface area contributed by atoms with E-state index in [1.54, 1.807) is 6.07 Å².